The summed E-state index contributed by atoms with van der Waals surface area (Å²) in [4.78, 5) is 0. The molecule has 0 aromatic heterocycles. The maximum Gasteiger partial charge on any atom is 0.161 e. The zero-order valence-corrected chi connectivity index (χ0v) is 14.7. The van der Waals surface area contributed by atoms with E-state index in [1.54, 1.807) is 12.1 Å². The monoisotopic (exact) mass is 351 g/mol. The average Bonchev–Trinajstić information content (AvgIpc) is 2.68. The summed E-state index contributed by atoms with van der Waals surface area (Å²) in [6.07, 6.45) is 0. The highest BCUT2D eigenvalue weighted by Gasteiger charge is 2.07. The molecule has 3 aromatic carbocycles. The third-order valence-electron chi connectivity index (χ3n) is 3.89. The van der Waals surface area contributed by atoms with E-state index in [1.165, 1.54) is 12.1 Å². The molecule has 0 spiro atoms. The Kier molecular flexibility index (Phi) is 6.09. The molecule has 0 heterocycles. The molecule has 0 saturated carbocycles. The Labute approximate surface area is 153 Å². The Hall–Kier alpha value is -3.01. The number of anilines is 1. The lowest BCUT2D eigenvalue weighted by molar-refractivity contribution is 0.269. The van der Waals surface area contributed by atoms with E-state index in [2.05, 4.69) is 5.32 Å². The average molecular weight is 351 g/mol. The predicted molar refractivity (Wildman–Crippen MR) is 102 cm³/mol. The number of nitrogens with one attached hydrogen (secondary N) is 1. The number of benzene rings is 3. The van der Waals surface area contributed by atoms with Crippen LogP contribution in [0.15, 0.2) is 72.8 Å². The van der Waals surface area contributed by atoms with Crippen LogP contribution in [0.25, 0.3) is 0 Å². The van der Waals surface area contributed by atoms with Gasteiger partial charge < -0.3 is 14.8 Å². The first kappa shape index (κ1) is 17.8. The molecule has 4 heteroatoms. The molecular formula is C22H22FNO2. The van der Waals surface area contributed by atoms with Crippen LogP contribution in [0.5, 0.6) is 11.5 Å². The molecule has 0 saturated heterocycles. The third-order valence-corrected chi connectivity index (χ3v) is 3.89. The van der Waals surface area contributed by atoms with Crippen molar-refractivity contribution >= 4 is 5.69 Å². The number of hydrogen-bond donors (Lipinski definition) is 1. The highest BCUT2D eigenvalue weighted by molar-refractivity contribution is 5.46. The minimum atomic E-state index is -0.251. The van der Waals surface area contributed by atoms with Crippen molar-refractivity contribution < 1.29 is 13.9 Å². The molecule has 0 aliphatic heterocycles. The quantitative estimate of drug-likeness (QED) is 0.588. The van der Waals surface area contributed by atoms with Gasteiger partial charge in [-0.3, -0.25) is 0 Å². The van der Waals surface area contributed by atoms with Crippen LogP contribution in [0.3, 0.4) is 0 Å². The molecule has 0 aliphatic rings. The van der Waals surface area contributed by atoms with Gasteiger partial charge in [0.2, 0.25) is 0 Å². The van der Waals surface area contributed by atoms with Gasteiger partial charge in [0.1, 0.15) is 12.4 Å². The van der Waals surface area contributed by atoms with Crippen LogP contribution >= 0.6 is 0 Å². The normalized spacial score (nSPS) is 10.4. The van der Waals surface area contributed by atoms with Crippen molar-refractivity contribution in [1.29, 1.82) is 0 Å². The summed E-state index contributed by atoms with van der Waals surface area (Å²) in [6.45, 7) is 3.56. The van der Waals surface area contributed by atoms with Gasteiger partial charge in [-0.25, -0.2) is 4.39 Å². The Morgan fingerprint density at radius 2 is 1.54 bits per heavy atom. The maximum atomic E-state index is 13.0. The van der Waals surface area contributed by atoms with E-state index in [9.17, 15) is 4.39 Å². The fraction of sp³-hybridized carbons (Fsp3) is 0.182. The molecule has 0 unspecified atom stereocenters. The summed E-state index contributed by atoms with van der Waals surface area (Å²) in [5.74, 6) is 1.14. The second kappa shape index (κ2) is 8.90. The first-order chi connectivity index (χ1) is 12.7. The second-order valence-corrected chi connectivity index (χ2v) is 5.85. The van der Waals surface area contributed by atoms with Gasteiger partial charge in [-0.05, 0) is 54.4 Å². The van der Waals surface area contributed by atoms with Gasteiger partial charge in [-0.2, -0.15) is 0 Å². The SMILES string of the molecule is CCOc1cc(CNc2ccccc2)ccc1OCc1ccc(F)cc1. The van der Waals surface area contributed by atoms with Gasteiger partial charge in [0.15, 0.2) is 11.5 Å². The predicted octanol–water partition coefficient (Wildman–Crippen LogP) is 5.42. The topological polar surface area (TPSA) is 30.5 Å². The summed E-state index contributed by atoms with van der Waals surface area (Å²) >= 11 is 0. The van der Waals surface area contributed by atoms with Crippen molar-refractivity contribution in [2.75, 3.05) is 11.9 Å². The molecule has 0 atom stereocenters. The molecule has 1 N–H and O–H groups in total. The molecular weight excluding hydrogens is 329 g/mol. The first-order valence-electron chi connectivity index (χ1n) is 8.66. The van der Waals surface area contributed by atoms with Gasteiger partial charge in [-0.1, -0.05) is 36.4 Å². The van der Waals surface area contributed by atoms with E-state index in [0.717, 1.165) is 16.8 Å². The zero-order chi connectivity index (χ0) is 18.2. The summed E-state index contributed by atoms with van der Waals surface area (Å²) in [6, 6.07) is 22.3. The molecule has 3 aromatic rings. The minimum absolute atomic E-state index is 0.251. The van der Waals surface area contributed by atoms with Crippen LogP contribution in [0.4, 0.5) is 10.1 Å². The van der Waals surface area contributed by atoms with Crippen molar-refractivity contribution in [1.82, 2.24) is 0 Å². The lowest BCUT2D eigenvalue weighted by atomic mass is 10.2. The van der Waals surface area contributed by atoms with E-state index in [1.807, 2.05) is 55.5 Å². The van der Waals surface area contributed by atoms with Crippen LogP contribution in [-0.2, 0) is 13.2 Å². The van der Waals surface area contributed by atoms with Gasteiger partial charge in [0.25, 0.3) is 0 Å². The van der Waals surface area contributed by atoms with E-state index < -0.39 is 0 Å². The molecule has 0 aliphatic carbocycles. The van der Waals surface area contributed by atoms with Crippen LogP contribution in [0.1, 0.15) is 18.1 Å². The van der Waals surface area contributed by atoms with Gasteiger partial charge in [0.05, 0.1) is 6.61 Å². The standard InChI is InChI=1S/C22H22FNO2/c1-2-25-22-14-18(15-24-20-6-4-3-5-7-20)10-13-21(22)26-16-17-8-11-19(23)12-9-17/h3-14,24H,2,15-16H2,1H3. The summed E-state index contributed by atoms with van der Waals surface area (Å²) in [5.41, 5.74) is 3.08. The molecule has 3 rings (SSSR count). The molecule has 3 nitrogen and oxygen atoms in total. The highest BCUT2D eigenvalue weighted by atomic mass is 19.1. The molecule has 0 fully saturated rings. The van der Waals surface area contributed by atoms with Gasteiger partial charge >= 0.3 is 0 Å². The number of rotatable bonds is 8. The van der Waals surface area contributed by atoms with Gasteiger partial charge in [-0.15, -0.1) is 0 Å². The Morgan fingerprint density at radius 3 is 2.27 bits per heavy atom. The van der Waals surface area contributed by atoms with E-state index >= 15 is 0 Å². The van der Waals surface area contributed by atoms with Crippen molar-refractivity contribution in [2.24, 2.45) is 0 Å². The van der Waals surface area contributed by atoms with Crippen molar-refractivity contribution in [3.63, 3.8) is 0 Å². The minimum Gasteiger partial charge on any atom is -0.490 e. The highest BCUT2D eigenvalue weighted by Crippen LogP contribution is 2.29. The first-order valence-corrected chi connectivity index (χ1v) is 8.66. The summed E-state index contributed by atoms with van der Waals surface area (Å²) in [5, 5.41) is 3.38. The van der Waals surface area contributed by atoms with Crippen LogP contribution in [0, 0.1) is 5.82 Å². The molecule has 26 heavy (non-hydrogen) atoms. The lowest BCUT2D eigenvalue weighted by Gasteiger charge is -2.14. The zero-order valence-electron chi connectivity index (χ0n) is 14.7. The second-order valence-electron chi connectivity index (χ2n) is 5.85. The Morgan fingerprint density at radius 1 is 0.808 bits per heavy atom. The van der Waals surface area contributed by atoms with Crippen molar-refractivity contribution in [3.05, 3.63) is 89.7 Å². The third kappa shape index (κ3) is 4.99. The molecule has 134 valence electrons. The molecule has 0 radical (unpaired) electrons. The summed E-state index contributed by atoms with van der Waals surface area (Å²) < 4.78 is 24.6. The number of para-hydroxylation sites is 1. The smallest absolute Gasteiger partial charge is 0.161 e. The Balaban J connectivity index is 1.66. The fourth-order valence-electron chi connectivity index (χ4n) is 2.55. The van der Waals surface area contributed by atoms with E-state index in [-0.39, 0.29) is 5.82 Å². The van der Waals surface area contributed by atoms with E-state index in [0.29, 0.717) is 31.3 Å². The molecule has 0 amide bonds. The van der Waals surface area contributed by atoms with Gasteiger partial charge in [0, 0.05) is 12.2 Å². The fourth-order valence-corrected chi connectivity index (χ4v) is 2.55. The van der Waals surface area contributed by atoms with Crippen LogP contribution in [-0.4, -0.2) is 6.61 Å². The largest absolute Gasteiger partial charge is 0.490 e. The van der Waals surface area contributed by atoms with Crippen molar-refractivity contribution in [2.45, 2.75) is 20.1 Å². The number of hydrogen-bond acceptors (Lipinski definition) is 3. The lowest BCUT2D eigenvalue weighted by Crippen LogP contribution is -2.03. The summed E-state index contributed by atoms with van der Waals surface area (Å²) in [7, 11) is 0. The number of ether oxygens (including phenoxy) is 2. The molecule has 0 bridgehead atoms. The van der Waals surface area contributed by atoms with Crippen molar-refractivity contribution in [3.8, 4) is 11.5 Å². The van der Waals surface area contributed by atoms with E-state index in [4.69, 9.17) is 9.47 Å². The van der Waals surface area contributed by atoms with Crippen LogP contribution < -0.4 is 14.8 Å². The van der Waals surface area contributed by atoms with Crippen LogP contribution in [0.2, 0.25) is 0 Å². The Bertz CT molecular complexity index is 819. The maximum absolute atomic E-state index is 13.0. The number of halogens is 1.